The van der Waals surface area contributed by atoms with Crippen molar-refractivity contribution in [3.63, 3.8) is 0 Å². The van der Waals surface area contributed by atoms with Gasteiger partial charge in [0, 0.05) is 11.4 Å². The number of nitrogens with zero attached hydrogens (tertiary/aromatic N) is 1. The largest absolute Gasteiger partial charge is 0.452 e. The van der Waals surface area contributed by atoms with E-state index in [1.807, 2.05) is 24.3 Å². The molecule has 0 saturated heterocycles. The summed E-state index contributed by atoms with van der Waals surface area (Å²) in [5.41, 5.74) is 6.68. The fourth-order valence-corrected chi connectivity index (χ4v) is 4.49. The summed E-state index contributed by atoms with van der Waals surface area (Å²) in [5, 5.41) is 3.63. The van der Waals surface area contributed by atoms with Crippen LogP contribution in [0.5, 0.6) is 0 Å². The van der Waals surface area contributed by atoms with E-state index >= 15 is 0 Å². The molecule has 34 heavy (non-hydrogen) atoms. The number of carbonyl (C=O) groups is 2. The van der Waals surface area contributed by atoms with Crippen LogP contribution in [0, 0.1) is 0 Å². The quantitative estimate of drug-likeness (QED) is 0.520. The van der Waals surface area contributed by atoms with Crippen LogP contribution in [0.4, 0.5) is 0 Å². The third kappa shape index (κ3) is 4.60. The van der Waals surface area contributed by atoms with Crippen LogP contribution in [0.3, 0.4) is 0 Å². The highest BCUT2D eigenvalue weighted by molar-refractivity contribution is 6.07. The number of hydrogen-bond acceptors (Lipinski definition) is 4. The summed E-state index contributed by atoms with van der Waals surface area (Å²) < 4.78 is 5.45. The van der Waals surface area contributed by atoms with Crippen LogP contribution < -0.4 is 5.32 Å². The molecule has 3 aromatic rings. The molecule has 5 rings (SSSR count). The van der Waals surface area contributed by atoms with E-state index in [0.29, 0.717) is 5.56 Å². The summed E-state index contributed by atoms with van der Waals surface area (Å²) in [4.78, 5) is 30.1. The smallest absolute Gasteiger partial charge is 0.339 e. The second kappa shape index (κ2) is 8.71. The van der Waals surface area contributed by atoms with Crippen LogP contribution >= 0.6 is 0 Å². The molecular weight excluding hydrogens is 424 g/mol. The number of carbonyl (C=O) groups excluding carboxylic acids is 2. The number of hydrogen-bond donors (Lipinski definition) is 1. The fourth-order valence-electron chi connectivity index (χ4n) is 4.49. The summed E-state index contributed by atoms with van der Waals surface area (Å²) in [5.74, 6) is -0.707. The first-order chi connectivity index (χ1) is 16.3. The second-order valence-electron chi connectivity index (χ2n) is 10.3. The second-order valence-corrected chi connectivity index (χ2v) is 10.3. The number of fused-ring (bicyclic) bond motifs is 2. The molecule has 0 unspecified atom stereocenters. The van der Waals surface area contributed by atoms with Crippen molar-refractivity contribution < 1.29 is 14.3 Å². The minimum Gasteiger partial charge on any atom is -0.452 e. The molecule has 0 aliphatic heterocycles. The zero-order valence-electron chi connectivity index (χ0n) is 20.0. The zero-order chi connectivity index (χ0) is 23.9. The summed E-state index contributed by atoms with van der Waals surface area (Å²) in [6.07, 6.45) is 5.69. The van der Waals surface area contributed by atoms with Gasteiger partial charge in [0.05, 0.1) is 16.8 Å². The third-order valence-electron chi connectivity index (χ3n) is 6.54. The maximum Gasteiger partial charge on any atom is 0.339 e. The molecule has 0 atom stereocenters. The summed E-state index contributed by atoms with van der Waals surface area (Å²) >= 11 is 0. The fraction of sp³-hybridized carbons (Fsp3) is 0.345. The Hall–Kier alpha value is -3.47. The van der Waals surface area contributed by atoms with E-state index in [1.165, 1.54) is 5.56 Å². The lowest BCUT2D eigenvalue weighted by molar-refractivity contribution is -0.124. The Morgan fingerprint density at radius 3 is 2.50 bits per heavy atom. The Bertz CT molecular complexity index is 1300. The molecule has 1 heterocycles. The Morgan fingerprint density at radius 2 is 1.79 bits per heavy atom. The lowest BCUT2D eigenvalue weighted by Crippen LogP contribution is -2.30. The Labute approximate surface area is 200 Å². The molecule has 5 nitrogen and oxygen atoms in total. The van der Waals surface area contributed by atoms with Gasteiger partial charge < -0.3 is 10.1 Å². The molecule has 5 heteroatoms. The van der Waals surface area contributed by atoms with Crippen molar-refractivity contribution >= 4 is 34.4 Å². The lowest BCUT2D eigenvalue weighted by atomic mass is 9.86. The Balaban J connectivity index is 1.47. The van der Waals surface area contributed by atoms with Crippen LogP contribution in [-0.4, -0.2) is 29.5 Å². The molecule has 2 aromatic carbocycles. The van der Waals surface area contributed by atoms with Gasteiger partial charge in [0.1, 0.15) is 0 Å². The van der Waals surface area contributed by atoms with Gasteiger partial charge in [0.2, 0.25) is 0 Å². The van der Waals surface area contributed by atoms with Crippen LogP contribution in [0.2, 0.25) is 0 Å². The summed E-state index contributed by atoms with van der Waals surface area (Å²) in [6, 6.07) is 16.5. The molecule has 0 bridgehead atoms. The van der Waals surface area contributed by atoms with E-state index in [9.17, 15) is 9.59 Å². The number of nitrogens with one attached hydrogen (secondary N) is 1. The Kier molecular flexibility index (Phi) is 5.72. The minimum atomic E-state index is -0.462. The standard InChI is InChI=1S/C29H30N2O3/c1-29(2,3)20-11-8-18(9-12-20)16-19-10-15-23-26(22-6-4-5-7-24(22)31-27(19)23)28(33)34-17-25(32)30-21-13-14-21/h4-9,11-12,16,21H,10,13-15,17H2,1-3H3,(H,30,32)/b19-16+. The molecule has 2 aliphatic carbocycles. The topological polar surface area (TPSA) is 68.3 Å². The van der Waals surface area contributed by atoms with Crippen LogP contribution in [0.1, 0.15) is 72.8 Å². The Morgan fingerprint density at radius 1 is 1.06 bits per heavy atom. The van der Waals surface area contributed by atoms with E-state index < -0.39 is 5.97 Å². The van der Waals surface area contributed by atoms with Crippen molar-refractivity contribution in [3.8, 4) is 0 Å². The minimum absolute atomic E-state index is 0.108. The van der Waals surface area contributed by atoms with Gasteiger partial charge in [-0.05, 0) is 65.5 Å². The van der Waals surface area contributed by atoms with Gasteiger partial charge in [-0.3, -0.25) is 4.79 Å². The van der Waals surface area contributed by atoms with E-state index in [0.717, 1.165) is 59.0 Å². The normalized spacial score (nSPS) is 16.5. The van der Waals surface area contributed by atoms with Crippen LogP contribution in [0.25, 0.3) is 22.6 Å². The first kappa shape index (κ1) is 22.3. The monoisotopic (exact) mass is 454 g/mol. The van der Waals surface area contributed by atoms with Gasteiger partial charge in [0.25, 0.3) is 5.91 Å². The van der Waals surface area contributed by atoms with Crippen LogP contribution in [-0.2, 0) is 21.4 Å². The van der Waals surface area contributed by atoms with Gasteiger partial charge in [0.15, 0.2) is 6.61 Å². The van der Waals surface area contributed by atoms with E-state index in [-0.39, 0.29) is 24.0 Å². The molecular formula is C29H30N2O3. The first-order valence-corrected chi connectivity index (χ1v) is 12.0. The molecule has 1 aromatic heterocycles. The van der Waals surface area contributed by atoms with E-state index in [4.69, 9.17) is 9.72 Å². The highest BCUT2D eigenvalue weighted by Gasteiger charge is 2.29. The van der Waals surface area contributed by atoms with Crippen molar-refractivity contribution in [1.29, 1.82) is 0 Å². The number of esters is 1. The molecule has 1 fully saturated rings. The van der Waals surface area contributed by atoms with Crippen molar-refractivity contribution in [3.05, 3.63) is 76.5 Å². The molecule has 0 radical (unpaired) electrons. The lowest BCUT2D eigenvalue weighted by Gasteiger charge is -2.18. The molecule has 0 spiro atoms. The molecule has 174 valence electrons. The van der Waals surface area contributed by atoms with Crippen molar-refractivity contribution in [1.82, 2.24) is 10.3 Å². The number of amides is 1. The molecule has 2 aliphatic rings. The zero-order valence-corrected chi connectivity index (χ0v) is 20.0. The van der Waals surface area contributed by atoms with E-state index in [2.05, 4.69) is 56.4 Å². The number of pyridine rings is 1. The van der Waals surface area contributed by atoms with Gasteiger partial charge in [-0.2, -0.15) is 0 Å². The van der Waals surface area contributed by atoms with Crippen molar-refractivity contribution in [2.75, 3.05) is 6.61 Å². The maximum absolute atomic E-state index is 13.2. The SMILES string of the molecule is CC(C)(C)c1ccc(/C=C2\CCc3c2nc2ccccc2c3C(=O)OCC(=O)NC2CC2)cc1. The van der Waals surface area contributed by atoms with E-state index in [1.54, 1.807) is 0 Å². The first-order valence-electron chi connectivity index (χ1n) is 12.0. The number of allylic oxidation sites excluding steroid dienone is 1. The summed E-state index contributed by atoms with van der Waals surface area (Å²) in [6.45, 7) is 6.36. The van der Waals surface area contributed by atoms with Gasteiger partial charge in [-0.1, -0.05) is 63.2 Å². The number of rotatable bonds is 5. The average molecular weight is 455 g/mol. The highest BCUT2D eigenvalue weighted by atomic mass is 16.5. The summed E-state index contributed by atoms with van der Waals surface area (Å²) in [7, 11) is 0. The molecule has 1 amide bonds. The van der Waals surface area contributed by atoms with Gasteiger partial charge >= 0.3 is 5.97 Å². The highest BCUT2D eigenvalue weighted by Crippen LogP contribution is 2.38. The average Bonchev–Trinajstić information content (AvgIpc) is 3.54. The maximum atomic E-state index is 13.2. The molecule has 1 N–H and O–H groups in total. The number of para-hydroxylation sites is 1. The predicted molar refractivity (Wildman–Crippen MR) is 135 cm³/mol. The van der Waals surface area contributed by atoms with Crippen molar-refractivity contribution in [2.24, 2.45) is 0 Å². The van der Waals surface area contributed by atoms with Crippen molar-refractivity contribution in [2.45, 2.75) is 57.9 Å². The van der Waals surface area contributed by atoms with Gasteiger partial charge in [-0.25, -0.2) is 9.78 Å². The number of aromatic nitrogens is 1. The van der Waals surface area contributed by atoms with Gasteiger partial charge in [-0.15, -0.1) is 0 Å². The van der Waals surface area contributed by atoms with Crippen LogP contribution in [0.15, 0.2) is 48.5 Å². The molecule has 1 saturated carbocycles. The number of benzene rings is 2. The predicted octanol–water partition coefficient (Wildman–Crippen LogP) is 5.45. The third-order valence-corrected chi connectivity index (χ3v) is 6.54. The number of ether oxygens (including phenoxy) is 1.